The van der Waals surface area contributed by atoms with Crippen LogP contribution in [0.15, 0.2) is 41.6 Å². The molecule has 1 aromatic heterocycles. The van der Waals surface area contributed by atoms with Crippen molar-refractivity contribution in [1.29, 1.82) is 0 Å². The Morgan fingerprint density at radius 2 is 1.76 bits per heavy atom. The quantitative estimate of drug-likeness (QED) is 0.254. The third-order valence-electron chi connectivity index (χ3n) is 5.27. The van der Waals surface area contributed by atoms with Crippen LogP contribution in [0.2, 0.25) is 15.1 Å². The molecule has 38 heavy (non-hydrogen) atoms. The molecule has 0 bridgehead atoms. The molecular weight excluding hydrogens is 586 g/mol. The topological polar surface area (TPSA) is 88.9 Å². The van der Waals surface area contributed by atoms with Gasteiger partial charge in [-0.1, -0.05) is 60.4 Å². The molecule has 3 aromatic rings. The van der Waals surface area contributed by atoms with Gasteiger partial charge in [0.2, 0.25) is 5.91 Å². The third-order valence-corrected chi connectivity index (χ3v) is 7.17. The molecule has 2 N–H and O–H groups in total. The molecular formula is C24H23Cl3F3N5O2S. The molecule has 204 valence electrons. The summed E-state index contributed by atoms with van der Waals surface area (Å²) in [6.45, 7) is 3.98. The highest BCUT2D eigenvalue weighted by molar-refractivity contribution is 7.99. The van der Waals surface area contributed by atoms with Gasteiger partial charge in [0, 0.05) is 12.1 Å². The highest BCUT2D eigenvalue weighted by atomic mass is 35.5. The van der Waals surface area contributed by atoms with Crippen molar-refractivity contribution in [3.8, 4) is 0 Å². The van der Waals surface area contributed by atoms with Crippen LogP contribution in [0, 0.1) is 5.92 Å². The number of alkyl halides is 3. The van der Waals surface area contributed by atoms with Gasteiger partial charge >= 0.3 is 6.18 Å². The van der Waals surface area contributed by atoms with Crippen molar-refractivity contribution in [2.45, 2.75) is 37.6 Å². The summed E-state index contributed by atoms with van der Waals surface area (Å²) in [6, 6.07) is 6.73. The number of nitrogens with one attached hydrogen (secondary N) is 2. The first kappa shape index (κ1) is 30.1. The summed E-state index contributed by atoms with van der Waals surface area (Å²) in [5.41, 5.74) is -0.821. The summed E-state index contributed by atoms with van der Waals surface area (Å²) in [5.74, 6) is -0.505. The highest BCUT2D eigenvalue weighted by Gasteiger charge is 2.31. The molecule has 1 atom stereocenters. The summed E-state index contributed by atoms with van der Waals surface area (Å²) < 4.78 is 40.6. The smallest absolute Gasteiger partial charge is 0.342 e. The molecule has 0 aliphatic carbocycles. The van der Waals surface area contributed by atoms with E-state index >= 15 is 0 Å². The lowest BCUT2D eigenvalue weighted by Crippen LogP contribution is -2.31. The van der Waals surface area contributed by atoms with Gasteiger partial charge in [0.1, 0.15) is 0 Å². The maximum Gasteiger partial charge on any atom is 0.416 e. The number of carbonyl (C=O) groups excluding carboxylic acids is 2. The minimum atomic E-state index is -4.57. The van der Waals surface area contributed by atoms with Gasteiger partial charge in [-0.2, -0.15) is 13.2 Å². The van der Waals surface area contributed by atoms with Crippen LogP contribution in [0.5, 0.6) is 0 Å². The Balaban J connectivity index is 1.71. The molecule has 3 rings (SSSR count). The predicted octanol–water partition coefficient (Wildman–Crippen LogP) is 7.04. The fraction of sp³-hybridized carbons (Fsp3) is 0.333. The Morgan fingerprint density at radius 3 is 2.39 bits per heavy atom. The minimum Gasteiger partial charge on any atom is -0.342 e. The number of hydrogen-bond acceptors (Lipinski definition) is 5. The van der Waals surface area contributed by atoms with Crippen LogP contribution < -0.4 is 10.6 Å². The Labute approximate surface area is 236 Å². The SMILES string of the molecule is CC(C)C[C@H](NC(=O)c1ccc(Cl)cc1Cl)c1nnc(SCC(=O)Nc2cc(C(F)(F)F)ccc2Cl)n1C. The third kappa shape index (κ3) is 7.78. The number of amides is 2. The molecule has 7 nitrogen and oxygen atoms in total. The number of anilines is 1. The maximum atomic E-state index is 13.0. The van der Waals surface area contributed by atoms with Crippen LogP contribution in [0.1, 0.15) is 48.1 Å². The Hall–Kier alpha value is -2.47. The molecule has 0 saturated heterocycles. The number of hydrogen-bond donors (Lipinski definition) is 2. The monoisotopic (exact) mass is 607 g/mol. The first-order valence-electron chi connectivity index (χ1n) is 11.2. The standard InChI is InChI=1S/C24H23Cl3F3N5O2S/c1-12(2)8-19(32-22(37)15-6-5-14(25)10-17(15)27)21-33-34-23(35(21)3)38-11-20(36)31-18-9-13(24(28,29)30)4-7-16(18)26/h4-7,9-10,12,19H,8,11H2,1-3H3,(H,31,36)(H,32,37)/t19-/m0/s1. The van der Waals surface area contributed by atoms with Crippen molar-refractivity contribution in [2.24, 2.45) is 13.0 Å². The molecule has 0 radical (unpaired) electrons. The summed E-state index contributed by atoms with van der Waals surface area (Å²) in [7, 11) is 1.69. The maximum absolute atomic E-state index is 13.0. The van der Waals surface area contributed by atoms with Crippen LogP contribution in [0.3, 0.4) is 0 Å². The molecule has 0 fully saturated rings. The second kappa shape index (κ2) is 12.6. The number of thioether (sulfide) groups is 1. The van der Waals surface area contributed by atoms with Gasteiger partial charge in [-0.25, -0.2) is 0 Å². The van der Waals surface area contributed by atoms with Crippen LogP contribution in [0.4, 0.5) is 18.9 Å². The molecule has 1 heterocycles. The van der Waals surface area contributed by atoms with Crippen molar-refractivity contribution < 1.29 is 22.8 Å². The van der Waals surface area contributed by atoms with E-state index in [1.165, 1.54) is 12.1 Å². The van der Waals surface area contributed by atoms with Crippen LogP contribution in [-0.2, 0) is 18.0 Å². The van der Waals surface area contributed by atoms with Crippen molar-refractivity contribution in [3.05, 3.63) is 68.4 Å². The normalized spacial score (nSPS) is 12.5. The zero-order valence-electron chi connectivity index (χ0n) is 20.4. The van der Waals surface area contributed by atoms with Crippen LogP contribution in [0.25, 0.3) is 0 Å². The van der Waals surface area contributed by atoms with Crippen LogP contribution >= 0.6 is 46.6 Å². The van der Waals surface area contributed by atoms with E-state index in [1.807, 2.05) is 13.8 Å². The number of rotatable bonds is 9. The lowest BCUT2D eigenvalue weighted by molar-refractivity contribution is -0.137. The first-order valence-corrected chi connectivity index (χ1v) is 13.3. The average molecular weight is 609 g/mol. The summed E-state index contributed by atoms with van der Waals surface area (Å²) in [6.07, 6.45) is -4.03. The van der Waals surface area contributed by atoms with Crippen LogP contribution in [-0.4, -0.2) is 32.3 Å². The lowest BCUT2D eigenvalue weighted by Gasteiger charge is -2.20. The average Bonchev–Trinajstić information content (AvgIpc) is 3.17. The lowest BCUT2D eigenvalue weighted by atomic mass is 10.0. The summed E-state index contributed by atoms with van der Waals surface area (Å²) in [5, 5.41) is 14.6. The van der Waals surface area contributed by atoms with Gasteiger partial charge in [0.25, 0.3) is 5.91 Å². The van der Waals surface area contributed by atoms with Crippen molar-refractivity contribution in [1.82, 2.24) is 20.1 Å². The fourth-order valence-corrected chi connectivity index (χ4v) is 4.86. The van der Waals surface area contributed by atoms with E-state index < -0.39 is 29.6 Å². The van der Waals surface area contributed by atoms with E-state index in [-0.39, 0.29) is 33.0 Å². The molecule has 0 aliphatic rings. The highest BCUT2D eigenvalue weighted by Crippen LogP contribution is 2.34. The first-order chi connectivity index (χ1) is 17.8. The van der Waals surface area contributed by atoms with Gasteiger partial charge in [0.05, 0.1) is 38.7 Å². The number of nitrogens with zero attached hydrogens (tertiary/aromatic N) is 3. The Kier molecular flexibility index (Phi) is 9.96. The second-order valence-corrected chi connectivity index (χ2v) is 10.9. The van der Waals surface area contributed by atoms with E-state index in [1.54, 1.807) is 17.7 Å². The van der Waals surface area contributed by atoms with E-state index in [4.69, 9.17) is 34.8 Å². The van der Waals surface area contributed by atoms with Gasteiger partial charge < -0.3 is 15.2 Å². The predicted molar refractivity (Wildman–Crippen MR) is 143 cm³/mol. The van der Waals surface area contributed by atoms with Gasteiger partial charge in [-0.05, 0) is 48.7 Å². The largest absolute Gasteiger partial charge is 0.416 e. The van der Waals surface area contributed by atoms with E-state index in [2.05, 4.69) is 20.8 Å². The zero-order valence-corrected chi connectivity index (χ0v) is 23.5. The minimum absolute atomic E-state index is 0.0228. The summed E-state index contributed by atoms with van der Waals surface area (Å²) >= 11 is 19.1. The second-order valence-electron chi connectivity index (χ2n) is 8.71. The molecule has 2 amide bonds. The number of benzene rings is 2. The zero-order chi connectivity index (χ0) is 28.2. The number of aromatic nitrogens is 3. The molecule has 0 saturated carbocycles. The Morgan fingerprint density at radius 1 is 1.05 bits per heavy atom. The van der Waals surface area contributed by atoms with Crippen molar-refractivity contribution >= 4 is 64.1 Å². The summed E-state index contributed by atoms with van der Waals surface area (Å²) in [4.78, 5) is 25.4. The molecule has 14 heteroatoms. The van der Waals surface area contributed by atoms with E-state index in [0.29, 0.717) is 22.4 Å². The van der Waals surface area contributed by atoms with Gasteiger partial charge in [0.15, 0.2) is 11.0 Å². The number of carbonyl (C=O) groups is 2. The van der Waals surface area contributed by atoms with Crippen molar-refractivity contribution in [3.63, 3.8) is 0 Å². The molecule has 0 aliphatic heterocycles. The van der Waals surface area contributed by atoms with Gasteiger partial charge in [-0.3, -0.25) is 9.59 Å². The van der Waals surface area contributed by atoms with E-state index in [0.717, 1.165) is 30.0 Å². The fourth-order valence-electron chi connectivity index (χ4n) is 3.48. The Bertz CT molecular complexity index is 1330. The molecule has 2 aromatic carbocycles. The number of halogens is 6. The molecule has 0 unspecified atom stereocenters. The van der Waals surface area contributed by atoms with E-state index in [9.17, 15) is 22.8 Å². The van der Waals surface area contributed by atoms with Gasteiger partial charge in [-0.15, -0.1) is 10.2 Å². The van der Waals surface area contributed by atoms with Crippen molar-refractivity contribution in [2.75, 3.05) is 11.1 Å². The molecule has 0 spiro atoms.